The first-order chi connectivity index (χ1) is 5.07. The first-order valence-electron chi connectivity index (χ1n) is 2.65. The van der Waals surface area contributed by atoms with Gasteiger partial charge in [-0.1, -0.05) is 23.2 Å². The monoisotopic (exact) mass is 251 g/mol. The molecule has 1 atom stereocenters. The Morgan fingerprint density at radius 1 is 1.75 bits per heavy atom. The van der Waals surface area contributed by atoms with E-state index in [0.29, 0.717) is 4.36 Å². The van der Waals surface area contributed by atoms with Gasteiger partial charge in [0.1, 0.15) is 6.04 Å². The molecule has 0 rings (SSSR count). The van der Waals surface area contributed by atoms with Gasteiger partial charge in [0.2, 0.25) is 0 Å². The van der Waals surface area contributed by atoms with Crippen LogP contribution >= 0.6 is 47.4 Å². The van der Waals surface area contributed by atoms with Crippen molar-refractivity contribution in [2.75, 3.05) is 5.75 Å². The van der Waals surface area contributed by atoms with Gasteiger partial charge in [-0.15, -0.1) is 24.2 Å². The van der Waals surface area contributed by atoms with E-state index in [2.05, 4.69) is 0 Å². The Bertz CT molecular complexity index is 176. The van der Waals surface area contributed by atoms with E-state index < -0.39 is 12.0 Å². The molecule has 0 heterocycles. The summed E-state index contributed by atoms with van der Waals surface area (Å²) >= 11 is 11.8. The van der Waals surface area contributed by atoms with Crippen molar-refractivity contribution in [1.82, 2.24) is 0 Å². The van der Waals surface area contributed by atoms with E-state index in [1.807, 2.05) is 0 Å². The maximum Gasteiger partial charge on any atom is 0.321 e. The third-order valence-corrected chi connectivity index (χ3v) is 2.62. The number of halogens is 3. The van der Waals surface area contributed by atoms with E-state index >= 15 is 0 Å². The Hall–Kier alpha value is 0.390. The highest BCUT2D eigenvalue weighted by Gasteiger charge is 2.11. The van der Waals surface area contributed by atoms with Crippen molar-refractivity contribution in [3.63, 3.8) is 0 Å². The van der Waals surface area contributed by atoms with Gasteiger partial charge in [-0.25, -0.2) is 0 Å². The maximum atomic E-state index is 10.2. The molecule has 0 aromatic heterocycles. The van der Waals surface area contributed by atoms with Crippen LogP contribution in [0.1, 0.15) is 0 Å². The highest BCUT2D eigenvalue weighted by molar-refractivity contribution is 8.04. The number of hydrogen-bond acceptors (Lipinski definition) is 3. The number of thioether (sulfide) groups is 1. The SMILES string of the molecule is Cl.N[C@@H](CSC(Cl)=CCl)C(=O)O. The molecule has 0 saturated carbocycles. The fourth-order valence-electron chi connectivity index (χ4n) is 0.272. The smallest absolute Gasteiger partial charge is 0.321 e. The van der Waals surface area contributed by atoms with Crippen LogP contribution in [-0.2, 0) is 4.79 Å². The van der Waals surface area contributed by atoms with Crippen molar-refractivity contribution >= 4 is 53.3 Å². The molecule has 0 saturated heterocycles. The van der Waals surface area contributed by atoms with E-state index in [-0.39, 0.29) is 18.2 Å². The van der Waals surface area contributed by atoms with Gasteiger partial charge in [-0.05, 0) is 0 Å². The van der Waals surface area contributed by atoms with E-state index in [1.165, 1.54) is 5.54 Å². The molecule has 0 unspecified atom stereocenters. The van der Waals surface area contributed by atoms with Crippen LogP contribution in [0.15, 0.2) is 9.90 Å². The summed E-state index contributed by atoms with van der Waals surface area (Å²) in [5.74, 6) is -0.825. The number of carboxylic acid groups (broad SMARTS) is 1. The molecule has 0 amide bonds. The lowest BCUT2D eigenvalue weighted by Gasteiger charge is -2.03. The highest BCUT2D eigenvalue weighted by Crippen LogP contribution is 2.20. The molecule has 12 heavy (non-hydrogen) atoms. The highest BCUT2D eigenvalue weighted by atomic mass is 35.5. The van der Waals surface area contributed by atoms with Gasteiger partial charge in [0.15, 0.2) is 0 Å². The Morgan fingerprint density at radius 3 is 2.58 bits per heavy atom. The largest absolute Gasteiger partial charge is 0.480 e. The van der Waals surface area contributed by atoms with Gasteiger partial charge in [-0.3, -0.25) is 4.79 Å². The van der Waals surface area contributed by atoms with Crippen LogP contribution in [-0.4, -0.2) is 22.9 Å². The molecular formula is C5H8Cl3NO2S. The predicted octanol–water partition coefficient (Wildman–Crippen LogP) is 1.83. The average molecular weight is 253 g/mol. The quantitative estimate of drug-likeness (QED) is 0.801. The summed E-state index contributed by atoms with van der Waals surface area (Å²) in [4.78, 5) is 10.2. The molecule has 0 fully saturated rings. The summed E-state index contributed by atoms with van der Waals surface area (Å²) < 4.78 is 0.336. The number of nitrogens with two attached hydrogens (primary N) is 1. The van der Waals surface area contributed by atoms with Crippen LogP contribution in [0.3, 0.4) is 0 Å². The van der Waals surface area contributed by atoms with E-state index in [0.717, 1.165) is 11.8 Å². The van der Waals surface area contributed by atoms with E-state index in [4.69, 9.17) is 34.0 Å². The lowest BCUT2D eigenvalue weighted by molar-refractivity contribution is -0.137. The normalized spacial score (nSPS) is 13.4. The second-order valence-electron chi connectivity index (χ2n) is 1.67. The van der Waals surface area contributed by atoms with Gasteiger partial charge in [0, 0.05) is 11.3 Å². The molecule has 0 radical (unpaired) electrons. The van der Waals surface area contributed by atoms with Crippen LogP contribution in [0.5, 0.6) is 0 Å². The average Bonchev–Trinajstić information content (AvgIpc) is 1.99. The standard InChI is InChI=1S/C5H7Cl2NO2S.ClH/c6-1-4(7)11-2-3(8)5(9)10;/h1,3H,2,8H2,(H,9,10);1H/t3-;/m0./s1. The Labute approximate surface area is 90.7 Å². The van der Waals surface area contributed by atoms with Crippen LogP contribution in [0.2, 0.25) is 0 Å². The number of rotatable bonds is 4. The molecule has 0 aromatic carbocycles. The van der Waals surface area contributed by atoms with Crippen molar-refractivity contribution in [2.24, 2.45) is 5.73 Å². The van der Waals surface area contributed by atoms with Crippen LogP contribution in [0, 0.1) is 0 Å². The zero-order valence-electron chi connectivity index (χ0n) is 5.87. The second kappa shape index (κ2) is 8.01. The number of hydrogen-bond donors (Lipinski definition) is 2. The van der Waals surface area contributed by atoms with E-state index in [1.54, 1.807) is 0 Å². The first-order valence-corrected chi connectivity index (χ1v) is 4.45. The molecule has 0 aromatic rings. The van der Waals surface area contributed by atoms with Crippen LogP contribution in [0.4, 0.5) is 0 Å². The van der Waals surface area contributed by atoms with Crippen molar-refractivity contribution in [1.29, 1.82) is 0 Å². The number of aliphatic carboxylic acids is 1. The Kier molecular flexibility index (Phi) is 9.94. The molecule has 3 nitrogen and oxygen atoms in total. The predicted molar refractivity (Wildman–Crippen MR) is 55.1 cm³/mol. The fraction of sp³-hybridized carbons (Fsp3) is 0.400. The van der Waals surface area contributed by atoms with Gasteiger partial charge in [0.25, 0.3) is 0 Å². The summed E-state index contributed by atoms with van der Waals surface area (Å²) in [6.07, 6.45) is 0. The van der Waals surface area contributed by atoms with Crippen molar-refractivity contribution < 1.29 is 9.90 Å². The molecule has 0 aliphatic heterocycles. The molecule has 0 bridgehead atoms. The Balaban J connectivity index is 0. The van der Waals surface area contributed by atoms with Crippen molar-refractivity contribution in [2.45, 2.75) is 6.04 Å². The molecule has 0 aliphatic rings. The van der Waals surface area contributed by atoms with Crippen LogP contribution in [0.25, 0.3) is 0 Å². The first kappa shape index (κ1) is 14.9. The lowest BCUT2D eigenvalue weighted by Crippen LogP contribution is -2.32. The number of carboxylic acids is 1. The van der Waals surface area contributed by atoms with Gasteiger partial charge < -0.3 is 10.8 Å². The zero-order chi connectivity index (χ0) is 8.85. The lowest BCUT2D eigenvalue weighted by atomic mass is 10.4. The van der Waals surface area contributed by atoms with Gasteiger partial charge in [-0.2, -0.15) is 0 Å². The summed E-state index contributed by atoms with van der Waals surface area (Å²) in [5, 5.41) is 8.33. The summed E-state index contributed by atoms with van der Waals surface area (Å²) in [5.41, 5.74) is 6.34. The van der Waals surface area contributed by atoms with E-state index in [9.17, 15) is 4.79 Å². The fourth-order valence-corrected chi connectivity index (χ4v) is 1.19. The topological polar surface area (TPSA) is 63.3 Å². The van der Waals surface area contributed by atoms with Gasteiger partial charge >= 0.3 is 5.97 Å². The van der Waals surface area contributed by atoms with Crippen LogP contribution < -0.4 is 5.73 Å². The third kappa shape index (κ3) is 7.06. The zero-order valence-corrected chi connectivity index (χ0v) is 9.01. The molecule has 72 valence electrons. The molecule has 0 aliphatic carbocycles. The minimum Gasteiger partial charge on any atom is -0.480 e. The summed E-state index contributed by atoms with van der Waals surface area (Å²) in [6.45, 7) is 0. The molecule has 0 spiro atoms. The third-order valence-electron chi connectivity index (χ3n) is 0.804. The molecule has 3 N–H and O–H groups in total. The summed E-state index contributed by atoms with van der Waals surface area (Å²) in [7, 11) is 0. The summed E-state index contributed by atoms with van der Waals surface area (Å²) in [6, 6.07) is -0.898. The second-order valence-corrected chi connectivity index (χ2v) is 3.58. The molecule has 7 heteroatoms. The van der Waals surface area contributed by atoms with Crippen molar-refractivity contribution in [3.8, 4) is 0 Å². The van der Waals surface area contributed by atoms with Crippen molar-refractivity contribution in [3.05, 3.63) is 9.90 Å². The minimum absolute atomic E-state index is 0. The maximum absolute atomic E-state index is 10.2. The number of carbonyl (C=O) groups is 1. The van der Waals surface area contributed by atoms with Gasteiger partial charge in [0.05, 0.1) is 4.36 Å². The molecular weight excluding hydrogens is 244 g/mol. The Morgan fingerprint density at radius 2 is 2.25 bits per heavy atom. The minimum atomic E-state index is -1.04.